The summed E-state index contributed by atoms with van der Waals surface area (Å²) >= 11 is 5.01. The minimum atomic E-state index is -0.619. The van der Waals surface area contributed by atoms with Crippen LogP contribution in [0.25, 0.3) is 0 Å². The summed E-state index contributed by atoms with van der Waals surface area (Å²) in [4.78, 5) is 11.9. The van der Waals surface area contributed by atoms with Gasteiger partial charge in [0.2, 0.25) is 0 Å². The first-order chi connectivity index (χ1) is 9.95. The second kappa shape index (κ2) is 8.46. The first-order valence-corrected chi connectivity index (χ1v) is 7.43. The third-order valence-corrected chi connectivity index (χ3v) is 3.31. The molecule has 0 fully saturated rings. The molecule has 1 atom stereocenters. The number of hydrogen-bond acceptors (Lipinski definition) is 3. The SMILES string of the molecule is CCCNC(=S)NNC(=O)[C@@H](C)Oc1cccc(C)c1C. The van der Waals surface area contributed by atoms with E-state index in [2.05, 4.69) is 16.2 Å². The minimum absolute atomic E-state index is 0.281. The van der Waals surface area contributed by atoms with E-state index < -0.39 is 6.10 Å². The molecule has 0 saturated carbocycles. The van der Waals surface area contributed by atoms with E-state index in [-0.39, 0.29) is 5.91 Å². The van der Waals surface area contributed by atoms with Crippen molar-refractivity contribution in [3.05, 3.63) is 29.3 Å². The highest BCUT2D eigenvalue weighted by Gasteiger charge is 2.16. The second-order valence-electron chi connectivity index (χ2n) is 4.83. The Labute approximate surface area is 131 Å². The van der Waals surface area contributed by atoms with Crippen LogP contribution in [0.2, 0.25) is 0 Å². The number of rotatable bonds is 5. The number of thiocarbonyl (C=S) groups is 1. The Morgan fingerprint density at radius 3 is 2.71 bits per heavy atom. The molecule has 0 aromatic heterocycles. The maximum Gasteiger partial charge on any atom is 0.279 e. The predicted molar refractivity (Wildman–Crippen MR) is 88.2 cm³/mol. The van der Waals surface area contributed by atoms with Gasteiger partial charge in [-0.15, -0.1) is 0 Å². The molecule has 6 heteroatoms. The average molecular weight is 309 g/mol. The van der Waals surface area contributed by atoms with Crippen molar-refractivity contribution < 1.29 is 9.53 Å². The zero-order valence-corrected chi connectivity index (χ0v) is 13.8. The van der Waals surface area contributed by atoms with Gasteiger partial charge in [-0.2, -0.15) is 0 Å². The Balaban J connectivity index is 2.48. The molecule has 21 heavy (non-hydrogen) atoms. The number of nitrogens with one attached hydrogen (secondary N) is 3. The highest BCUT2D eigenvalue weighted by atomic mass is 32.1. The fraction of sp³-hybridized carbons (Fsp3) is 0.467. The molecule has 1 rings (SSSR count). The summed E-state index contributed by atoms with van der Waals surface area (Å²) in [6, 6.07) is 5.77. The summed E-state index contributed by atoms with van der Waals surface area (Å²) in [6.45, 7) is 8.47. The maximum atomic E-state index is 11.9. The zero-order valence-electron chi connectivity index (χ0n) is 12.9. The van der Waals surface area contributed by atoms with Crippen LogP contribution in [0.5, 0.6) is 5.75 Å². The third kappa shape index (κ3) is 5.59. The molecule has 0 aliphatic carbocycles. The van der Waals surface area contributed by atoms with Crippen LogP contribution in [0, 0.1) is 13.8 Å². The fourth-order valence-electron chi connectivity index (χ4n) is 1.60. The lowest BCUT2D eigenvalue weighted by molar-refractivity contribution is -0.127. The first-order valence-electron chi connectivity index (χ1n) is 7.02. The first kappa shape index (κ1) is 17.2. The number of aryl methyl sites for hydroxylation is 1. The van der Waals surface area contributed by atoms with E-state index in [9.17, 15) is 4.79 Å². The molecule has 0 heterocycles. The third-order valence-electron chi connectivity index (χ3n) is 3.06. The molecular weight excluding hydrogens is 286 g/mol. The molecule has 0 bridgehead atoms. The summed E-state index contributed by atoms with van der Waals surface area (Å²) < 4.78 is 5.69. The van der Waals surface area contributed by atoms with Crippen LogP contribution in [-0.4, -0.2) is 23.7 Å². The number of carbonyl (C=O) groups excluding carboxylic acids is 1. The van der Waals surface area contributed by atoms with Gasteiger partial charge in [-0.05, 0) is 56.6 Å². The largest absolute Gasteiger partial charge is 0.481 e. The van der Waals surface area contributed by atoms with Crippen LogP contribution >= 0.6 is 12.2 Å². The van der Waals surface area contributed by atoms with Gasteiger partial charge in [-0.25, -0.2) is 0 Å². The number of hydrogen-bond donors (Lipinski definition) is 3. The number of benzene rings is 1. The molecule has 0 spiro atoms. The summed E-state index contributed by atoms with van der Waals surface area (Å²) in [5.41, 5.74) is 7.34. The van der Waals surface area contributed by atoms with E-state index in [1.54, 1.807) is 6.92 Å². The van der Waals surface area contributed by atoms with Gasteiger partial charge in [0.15, 0.2) is 11.2 Å². The zero-order chi connectivity index (χ0) is 15.8. The molecule has 0 aliphatic heterocycles. The highest BCUT2D eigenvalue weighted by Crippen LogP contribution is 2.21. The number of hydrazine groups is 1. The van der Waals surface area contributed by atoms with Gasteiger partial charge in [-0.1, -0.05) is 19.1 Å². The number of amides is 1. The lowest BCUT2D eigenvalue weighted by Gasteiger charge is -2.18. The Hall–Kier alpha value is -1.82. The molecule has 0 saturated heterocycles. The molecular formula is C15H23N3O2S. The maximum absolute atomic E-state index is 11.9. The molecule has 0 unspecified atom stereocenters. The van der Waals surface area contributed by atoms with Crippen molar-refractivity contribution in [3.63, 3.8) is 0 Å². The Kier molecular flexibility index (Phi) is 6.94. The number of carbonyl (C=O) groups is 1. The van der Waals surface area contributed by atoms with E-state index in [1.165, 1.54) is 0 Å². The van der Waals surface area contributed by atoms with Crippen LogP contribution in [0.1, 0.15) is 31.4 Å². The van der Waals surface area contributed by atoms with Crippen molar-refractivity contribution >= 4 is 23.2 Å². The minimum Gasteiger partial charge on any atom is -0.481 e. The van der Waals surface area contributed by atoms with Crippen LogP contribution in [0.4, 0.5) is 0 Å². The Morgan fingerprint density at radius 1 is 1.33 bits per heavy atom. The summed E-state index contributed by atoms with van der Waals surface area (Å²) in [5.74, 6) is 0.431. The predicted octanol–water partition coefficient (Wildman–Crippen LogP) is 1.98. The Morgan fingerprint density at radius 2 is 2.05 bits per heavy atom. The van der Waals surface area contributed by atoms with Gasteiger partial charge >= 0.3 is 0 Å². The normalized spacial score (nSPS) is 11.4. The van der Waals surface area contributed by atoms with Gasteiger partial charge in [0, 0.05) is 6.54 Å². The summed E-state index contributed by atoms with van der Waals surface area (Å²) in [7, 11) is 0. The van der Waals surface area contributed by atoms with E-state index >= 15 is 0 Å². The van der Waals surface area contributed by atoms with Crippen LogP contribution in [0.15, 0.2) is 18.2 Å². The summed E-state index contributed by atoms with van der Waals surface area (Å²) in [5, 5.41) is 3.35. The molecule has 116 valence electrons. The topological polar surface area (TPSA) is 62.4 Å². The van der Waals surface area contributed by atoms with Gasteiger partial charge in [0.05, 0.1) is 0 Å². The van der Waals surface area contributed by atoms with Crippen molar-refractivity contribution in [2.24, 2.45) is 0 Å². The quantitative estimate of drug-likeness (QED) is 0.573. The standard InChI is InChI=1S/C15H23N3O2S/c1-5-9-16-15(21)18-17-14(19)12(4)20-13-8-6-7-10(2)11(13)3/h6-8,12H,5,9H2,1-4H3,(H,17,19)(H2,16,18,21)/t12-/m1/s1. The van der Waals surface area contributed by atoms with Gasteiger partial charge in [-0.3, -0.25) is 15.6 Å². The van der Waals surface area contributed by atoms with Crippen molar-refractivity contribution in [3.8, 4) is 5.75 Å². The molecule has 1 aromatic rings. The molecule has 3 N–H and O–H groups in total. The van der Waals surface area contributed by atoms with Crippen LogP contribution in [-0.2, 0) is 4.79 Å². The lowest BCUT2D eigenvalue weighted by Crippen LogP contribution is -2.50. The van der Waals surface area contributed by atoms with Gasteiger partial charge in [0.1, 0.15) is 5.75 Å². The lowest BCUT2D eigenvalue weighted by atomic mass is 10.1. The van der Waals surface area contributed by atoms with Gasteiger partial charge < -0.3 is 10.1 Å². The van der Waals surface area contributed by atoms with Crippen molar-refractivity contribution in [1.29, 1.82) is 0 Å². The van der Waals surface area contributed by atoms with E-state index in [0.717, 1.165) is 24.1 Å². The summed E-state index contributed by atoms with van der Waals surface area (Å²) in [6.07, 6.45) is 0.342. The molecule has 5 nitrogen and oxygen atoms in total. The van der Waals surface area contributed by atoms with E-state index in [0.29, 0.717) is 10.9 Å². The van der Waals surface area contributed by atoms with Crippen LogP contribution in [0.3, 0.4) is 0 Å². The van der Waals surface area contributed by atoms with Crippen LogP contribution < -0.4 is 20.9 Å². The molecule has 1 amide bonds. The molecule has 0 radical (unpaired) electrons. The number of ether oxygens (including phenoxy) is 1. The molecule has 1 aromatic carbocycles. The van der Waals surface area contributed by atoms with Crippen molar-refractivity contribution in [1.82, 2.24) is 16.2 Å². The highest BCUT2D eigenvalue weighted by molar-refractivity contribution is 7.80. The monoisotopic (exact) mass is 309 g/mol. The van der Waals surface area contributed by atoms with E-state index in [1.807, 2.05) is 39.0 Å². The second-order valence-corrected chi connectivity index (χ2v) is 5.24. The average Bonchev–Trinajstić information content (AvgIpc) is 2.47. The van der Waals surface area contributed by atoms with Crippen molar-refractivity contribution in [2.45, 2.75) is 40.2 Å². The van der Waals surface area contributed by atoms with Gasteiger partial charge in [0.25, 0.3) is 5.91 Å². The van der Waals surface area contributed by atoms with E-state index in [4.69, 9.17) is 17.0 Å². The fourth-order valence-corrected chi connectivity index (χ4v) is 1.75. The Bertz CT molecular complexity index is 506. The van der Waals surface area contributed by atoms with Crippen molar-refractivity contribution in [2.75, 3.05) is 6.54 Å². The smallest absolute Gasteiger partial charge is 0.279 e. The molecule has 0 aliphatic rings.